The molecule has 0 aliphatic carbocycles. The minimum absolute atomic E-state index is 0.00905. The molecule has 0 radical (unpaired) electrons. The summed E-state index contributed by atoms with van der Waals surface area (Å²) >= 11 is 0. The Bertz CT molecular complexity index is 642. The highest BCUT2D eigenvalue weighted by molar-refractivity contribution is 5.79. The molecule has 2 atom stereocenters. The predicted octanol–water partition coefficient (Wildman–Crippen LogP) is 2.37. The van der Waals surface area contributed by atoms with Gasteiger partial charge in [-0.15, -0.1) is 0 Å². The van der Waals surface area contributed by atoms with Crippen molar-refractivity contribution in [2.75, 3.05) is 33.0 Å². The smallest absolute Gasteiger partial charge is 0.227 e. The van der Waals surface area contributed by atoms with E-state index in [4.69, 9.17) is 9.47 Å². The number of rotatable bonds is 3. The summed E-state index contributed by atoms with van der Waals surface area (Å²) < 4.78 is 11.4. The van der Waals surface area contributed by atoms with Crippen LogP contribution in [0.4, 0.5) is 0 Å². The number of aromatic nitrogens is 1. The zero-order chi connectivity index (χ0) is 17.1. The summed E-state index contributed by atoms with van der Waals surface area (Å²) in [5.41, 5.74) is 2.42. The Morgan fingerprint density at radius 3 is 3.12 bits per heavy atom. The lowest BCUT2D eigenvalue weighted by molar-refractivity contribution is -0.146. The van der Waals surface area contributed by atoms with Crippen LogP contribution < -0.4 is 0 Å². The third-order valence-electron chi connectivity index (χ3n) is 5.93. The van der Waals surface area contributed by atoms with Gasteiger partial charge < -0.3 is 14.4 Å². The Morgan fingerprint density at radius 2 is 2.32 bits per heavy atom. The molecule has 1 amide bonds. The van der Waals surface area contributed by atoms with Crippen molar-refractivity contribution in [2.45, 2.75) is 38.1 Å². The first kappa shape index (κ1) is 16.7. The van der Waals surface area contributed by atoms with Gasteiger partial charge in [0.05, 0.1) is 26.2 Å². The van der Waals surface area contributed by atoms with Crippen LogP contribution in [0.5, 0.6) is 0 Å². The molecule has 1 aromatic heterocycles. The maximum atomic E-state index is 13.1. The van der Waals surface area contributed by atoms with Gasteiger partial charge in [0.15, 0.2) is 0 Å². The van der Waals surface area contributed by atoms with Crippen molar-refractivity contribution in [3.8, 4) is 0 Å². The first-order valence-corrected chi connectivity index (χ1v) is 9.33. The number of carbonyl (C=O) groups excluding carboxylic acids is 1. The SMILES string of the molecule is O=C(Cc1cccnc1)N1CCC[C@@]2(C3=CCOCC3)COCC[C@H]12. The number of carbonyl (C=O) groups is 1. The van der Waals surface area contributed by atoms with Gasteiger partial charge in [0.1, 0.15) is 0 Å². The van der Waals surface area contributed by atoms with Crippen LogP contribution in [-0.4, -0.2) is 54.8 Å². The molecule has 1 aromatic rings. The Morgan fingerprint density at radius 1 is 1.36 bits per heavy atom. The summed E-state index contributed by atoms with van der Waals surface area (Å²) in [7, 11) is 0. The average molecular weight is 342 g/mol. The lowest BCUT2D eigenvalue weighted by Crippen LogP contribution is -2.60. The number of hydrogen-bond acceptors (Lipinski definition) is 4. The molecule has 5 heteroatoms. The molecule has 0 saturated carbocycles. The summed E-state index contributed by atoms with van der Waals surface area (Å²) in [4.78, 5) is 19.3. The van der Waals surface area contributed by atoms with E-state index < -0.39 is 0 Å². The van der Waals surface area contributed by atoms with Crippen LogP contribution in [-0.2, 0) is 20.7 Å². The zero-order valence-corrected chi connectivity index (χ0v) is 14.7. The highest BCUT2D eigenvalue weighted by Gasteiger charge is 2.50. The molecule has 4 heterocycles. The molecule has 0 spiro atoms. The van der Waals surface area contributed by atoms with Crippen molar-refractivity contribution in [1.29, 1.82) is 0 Å². The molecule has 2 fully saturated rings. The van der Waals surface area contributed by atoms with Gasteiger partial charge in [-0.2, -0.15) is 0 Å². The molecule has 0 aromatic carbocycles. The lowest BCUT2D eigenvalue weighted by atomic mass is 9.65. The van der Waals surface area contributed by atoms with Crippen LogP contribution in [0.15, 0.2) is 36.2 Å². The summed E-state index contributed by atoms with van der Waals surface area (Å²) in [6.07, 6.45) is 10.2. The Hall–Kier alpha value is -1.72. The predicted molar refractivity (Wildman–Crippen MR) is 94.1 cm³/mol. The van der Waals surface area contributed by atoms with Crippen molar-refractivity contribution in [1.82, 2.24) is 9.88 Å². The topological polar surface area (TPSA) is 51.7 Å². The fourth-order valence-electron chi connectivity index (χ4n) is 4.76. The van der Waals surface area contributed by atoms with E-state index in [0.29, 0.717) is 13.0 Å². The monoisotopic (exact) mass is 342 g/mol. The standard InChI is InChI=1S/C20H26N2O3/c23-19(13-16-3-1-8-21-14-16)22-9-2-7-20(15-25-12-6-18(20)22)17-4-10-24-11-5-17/h1,3-4,8,14,18H,2,5-7,9-13,15H2/t18-,20-/m0/s1. The van der Waals surface area contributed by atoms with E-state index in [1.807, 2.05) is 12.1 Å². The van der Waals surface area contributed by atoms with Crippen LogP contribution in [0, 0.1) is 5.41 Å². The fraction of sp³-hybridized carbons (Fsp3) is 0.600. The molecule has 3 aliphatic heterocycles. The van der Waals surface area contributed by atoms with Crippen LogP contribution in [0.25, 0.3) is 0 Å². The number of ether oxygens (including phenoxy) is 2. The number of piperidine rings is 1. The second-order valence-electron chi connectivity index (χ2n) is 7.30. The van der Waals surface area contributed by atoms with Gasteiger partial charge in [0.25, 0.3) is 0 Å². The van der Waals surface area contributed by atoms with Crippen molar-refractivity contribution in [3.63, 3.8) is 0 Å². The van der Waals surface area contributed by atoms with Crippen molar-refractivity contribution < 1.29 is 14.3 Å². The molecule has 3 aliphatic rings. The van der Waals surface area contributed by atoms with Gasteiger partial charge in [-0.05, 0) is 37.3 Å². The highest BCUT2D eigenvalue weighted by atomic mass is 16.5. The van der Waals surface area contributed by atoms with E-state index in [2.05, 4.69) is 16.0 Å². The first-order chi connectivity index (χ1) is 12.3. The van der Waals surface area contributed by atoms with Crippen LogP contribution in [0.1, 0.15) is 31.2 Å². The number of amides is 1. The van der Waals surface area contributed by atoms with Gasteiger partial charge in [0.2, 0.25) is 5.91 Å². The molecule has 0 bridgehead atoms. The van der Waals surface area contributed by atoms with Crippen molar-refractivity contribution >= 4 is 5.91 Å². The molecule has 134 valence electrons. The van der Waals surface area contributed by atoms with Gasteiger partial charge in [-0.3, -0.25) is 9.78 Å². The normalized spacial score (nSPS) is 29.7. The summed E-state index contributed by atoms with van der Waals surface area (Å²) in [6.45, 7) is 3.81. The molecular formula is C20H26N2O3. The van der Waals surface area contributed by atoms with Crippen LogP contribution >= 0.6 is 0 Å². The van der Waals surface area contributed by atoms with E-state index in [-0.39, 0.29) is 17.4 Å². The van der Waals surface area contributed by atoms with Crippen LogP contribution in [0.2, 0.25) is 0 Å². The van der Waals surface area contributed by atoms with E-state index in [1.54, 1.807) is 12.4 Å². The van der Waals surface area contributed by atoms with Crippen molar-refractivity contribution in [2.24, 2.45) is 5.41 Å². The quantitative estimate of drug-likeness (QED) is 0.792. The molecule has 0 unspecified atom stereocenters. The maximum Gasteiger partial charge on any atom is 0.227 e. The summed E-state index contributed by atoms with van der Waals surface area (Å²) in [6, 6.07) is 4.13. The second-order valence-corrected chi connectivity index (χ2v) is 7.30. The first-order valence-electron chi connectivity index (χ1n) is 9.33. The minimum Gasteiger partial charge on any atom is -0.380 e. The van der Waals surface area contributed by atoms with E-state index in [9.17, 15) is 4.79 Å². The van der Waals surface area contributed by atoms with Gasteiger partial charge >= 0.3 is 0 Å². The molecule has 25 heavy (non-hydrogen) atoms. The van der Waals surface area contributed by atoms with Crippen molar-refractivity contribution in [3.05, 3.63) is 41.7 Å². The lowest BCUT2D eigenvalue weighted by Gasteiger charge is -2.54. The molecule has 0 N–H and O–H groups in total. The van der Waals surface area contributed by atoms with E-state index >= 15 is 0 Å². The third kappa shape index (κ3) is 3.23. The highest BCUT2D eigenvalue weighted by Crippen LogP contribution is 2.47. The number of likely N-dealkylation sites (tertiary alicyclic amines) is 1. The molecule has 5 nitrogen and oxygen atoms in total. The summed E-state index contributed by atoms with van der Waals surface area (Å²) in [5, 5.41) is 0. The maximum absolute atomic E-state index is 13.1. The Kier molecular flexibility index (Phi) is 4.86. The number of hydrogen-bond donors (Lipinski definition) is 0. The van der Waals surface area contributed by atoms with Gasteiger partial charge in [-0.25, -0.2) is 0 Å². The third-order valence-corrected chi connectivity index (χ3v) is 5.93. The molecular weight excluding hydrogens is 316 g/mol. The Balaban J connectivity index is 1.58. The van der Waals surface area contributed by atoms with Gasteiger partial charge in [-0.1, -0.05) is 17.7 Å². The zero-order valence-electron chi connectivity index (χ0n) is 14.7. The minimum atomic E-state index is -0.00905. The van der Waals surface area contributed by atoms with E-state index in [1.165, 1.54) is 5.57 Å². The van der Waals surface area contributed by atoms with Gasteiger partial charge in [0, 0.05) is 37.0 Å². The largest absolute Gasteiger partial charge is 0.380 e. The van der Waals surface area contributed by atoms with Crippen LogP contribution in [0.3, 0.4) is 0 Å². The average Bonchev–Trinajstić information content (AvgIpc) is 2.69. The Labute approximate surface area is 149 Å². The number of fused-ring (bicyclic) bond motifs is 1. The number of pyridine rings is 1. The second kappa shape index (κ2) is 7.26. The molecule has 4 rings (SSSR count). The molecule has 2 saturated heterocycles. The van der Waals surface area contributed by atoms with E-state index in [0.717, 1.165) is 57.6 Å². The fourth-order valence-corrected chi connectivity index (χ4v) is 4.76. The summed E-state index contributed by atoms with van der Waals surface area (Å²) in [5.74, 6) is 0.219. The number of nitrogens with zero attached hydrogens (tertiary/aromatic N) is 2.